The van der Waals surface area contributed by atoms with Crippen molar-refractivity contribution < 1.29 is 19.4 Å². The number of carbonyl (C=O) groups excluding carboxylic acids is 1. The van der Waals surface area contributed by atoms with E-state index in [4.69, 9.17) is 15.6 Å². The van der Waals surface area contributed by atoms with Crippen LogP contribution in [0.4, 0.5) is 5.69 Å². The second-order valence-corrected chi connectivity index (χ2v) is 6.43. The molecule has 0 bridgehead atoms. The van der Waals surface area contributed by atoms with Crippen molar-refractivity contribution >= 4 is 28.5 Å². The molecule has 2 aromatic rings. The Morgan fingerprint density at radius 2 is 2.15 bits per heavy atom. The zero-order chi connectivity index (χ0) is 19.8. The number of rotatable bonds is 10. The number of pyridine rings is 1. The van der Waals surface area contributed by atoms with Gasteiger partial charge in [0.2, 0.25) is 5.91 Å². The number of fused-ring (bicyclic) bond motifs is 1. The fourth-order valence-electron chi connectivity index (χ4n) is 2.76. The zero-order valence-electron chi connectivity index (χ0n) is 15.6. The molecule has 0 saturated heterocycles. The van der Waals surface area contributed by atoms with E-state index in [-0.39, 0.29) is 12.5 Å². The Labute approximate surface area is 158 Å². The summed E-state index contributed by atoms with van der Waals surface area (Å²) in [6.45, 7) is 2.49. The quantitative estimate of drug-likeness (QED) is 0.467. The fraction of sp³-hybridized carbons (Fsp3) is 0.421. The highest BCUT2D eigenvalue weighted by Gasteiger charge is 2.16. The van der Waals surface area contributed by atoms with Gasteiger partial charge in [0.25, 0.3) is 0 Å². The molecule has 0 aliphatic carbocycles. The summed E-state index contributed by atoms with van der Waals surface area (Å²) in [7, 11) is 1.63. The number of anilines is 1. The van der Waals surface area contributed by atoms with Gasteiger partial charge < -0.3 is 26.2 Å². The first-order valence-corrected chi connectivity index (χ1v) is 8.85. The highest BCUT2D eigenvalue weighted by molar-refractivity contribution is 5.92. The van der Waals surface area contributed by atoms with Crippen LogP contribution in [0.3, 0.4) is 0 Å². The molecule has 5 N–H and O–H groups in total. The van der Waals surface area contributed by atoms with Crippen LogP contribution in [-0.4, -0.2) is 47.7 Å². The largest absolute Gasteiger partial charge is 0.497 e. The number of amides is 1. The summed E-state index contributed by atoms with van der Waals surface area (Å²) in [5.41, 5.74) is 7.29. The second-order valence-electron chi connectivity index (χ2n) is 6.43. The number of aliphatic carboxylic acids is 1. The summed E-state index contributed by atoms with van der Waals surface area (Å²) < 4.78 is 5.35. The molecule has 146 valence electrons. The molecule has 0 radical (unpaired) electrons. The van der Waals surface area contributed by atoms with Gasteiger partial charge in [-0.3, -0.25) is 14.6 Å². The highest BCUT2D eigenvalue weighted by Crippen LogP contribution is 2.28. The molecular weight excluding hydrogens is 348 g/mol. The van der Waals surface area contributed by atoms with Gasteiger partial charge in [-0.05, 0) is 31.9 Å². The first-order chi connectivity index (χ1) is 12.9. The molecule has 1 heterocycles. The van der Waals surface area contributed by atoms with E-state index in [2.05, 4.69) is 15.6 Å². The number of hydrogen-bond acceptors (Lipinski definition) is 6. The molecule has 0 fully saturated rings. The highest BCUT2D eigenvalue weighted by atomic mass is 16.5. The van der Waals surface area contributed by atoms with Gasteiger partial charge >= 0.3 is 5.97 Å². The summed E-state index contributed by atoms with van der Waals surface area (Å²) in [6, 6.07) is 6.84. The average molecular weight is 374 g/mol. The van der Waals surface area contributed by atoms with Crippen molar-refractivity contribution in [2.24, 2.45) is 5.73 Å². The third-order valence-electron chi connectivity index (χ3n) is 4.16. The van der Waals surface area contributed by atoms with Gasteiger partial charge in [0, 0.05) is 30.2 Å². The molecule has 0 aliphatic heterocycles. The van der Waals surface area contributed by atoms with E-state index in [9.17, 15) is 9.59 Å². The lowest BCUT2D eigenvalue weighted by Crippen LogP contribution is -2.42. The van der Waals surface area contributed by atoms with Crippen LogP contribution in [0.2, 0.25) is 0 Å². The van der Waals surface area contributed by atoms with Crippen LogP contribution in [-0.2, 0) is 9.59 Å². The lowest BCUT2D eigenvalue weighted by Gasteiger charge is -2.18. The SMILES string of the molecule is COc1cc(NC(C)CCCNC(=O)[C@@H](N)CC(=O)O)c2ncccc2c1. The summed E-state index contributed by atoms with van der Waals surface area (Å²) in [5.74, 6) is -0.777. The number of nitrogens with one attached hydrogen (secondary N) is 2. The van der Waals surface area contributed by atoms with Crippen molar-refractivity contribution in [2.75, 3.05) is 19.0 Å². The van der Waals surface area contributed by atoms with E-state index in [0.717, 1.165) is 35.2 Å². The van der Waals surface area contributed by atoms with Crippen molar-refractivity contribution in [1.29, 1.82) is 0 Å². The lowest BCUT2D eigenvalue weighted by molar-refractivity contribution is -0.139. The molecule has 0 aliphatic rings. The lowest BCUT2D eigenvalue weighted by atomic mass is 10.1. The van der Waals surface area contributed by atoms with E-state index in [1.54, 1.807) is 13.3 Å². The molecule has 1 aromatic carbocycles. The third kappa shape index (κ3) is 6.10. The molecule has 8 heteroatoms. The second kappa shape index (κ2) is 9.72. The number of nitrogens with two attached hydrogens (primary N) is 1. The number of carboxylic acids is 1. The number of carboxylic acid groups (broad SMARTS) is 1. The molecule has 1 unspecified atom stereocenters. The maximum absolute atomic E-state index is 11.7. The normalized spacial score (nSPS) is 13.0. The van der Waals surface area contributed by atoms with Crippen molar-refractivity contribution in [3.05, 3.63) is 30.5 Å². The van der Waals surface area contributed by atoms with Crippen LogP contribution >= 0.6 is 0 Å². The van der Waals surface area contributed by atoms with Crippen LogP contribution in [0.25, 0.3) is 10.9 Å². The standard InChI is InChI=1S/C19H26N4O4/c1-12(5-3-8-22-19(26)15(20)11-17(24)25)23-16-10-14(27-2)9-13-6-4-7-21-18(13)16/h4,6-7,9-10,12,15,23H,3,5,8,11,20H2,1-2H3,(H,22,26)(H,24,25)/t12?,15-/m0/s1. The number of benzene rings is 1. The van der Waals surface area contributed by atoms with Crippen LogP contribution < -0.4 is 21.1 Å². The Bertz CT molecular complexity index is 796. The Morgan fingerprint density at radius 1 is 1.37 bits per heavy atom. The molecule has 8 nitrogen and oxygen atoms in total. The third-order valence-corrected chi connectivity index (χ3v) is 4.16. The smallest absolute Gasteiger partial charge is 0.305 e. The Hall–Kier alpha value is -2.87. The summed E-state index contributed by atoms with van der Waals surface area (Å²) >= 11 is 0. The number of methoxy groups -OCH3 is 1. The van der Waals surface area contributed by atoms with Gasteiger partial charge in [-0.2, -0.15) is 0 Å². The monoisotopic (exact) mass is 374 g/mol. The van der Waals surface area contributed by atoms with Crippen LogP contribution in [0.15, 0.2) is 30.5 Å². The van der Waals surface area contributed by atoms with Crippen molar-refractivity contribution in [1.82, 2.24) is 10.3 Å². The van der Waals surface area contributed by atoms with E-state index in [0.29, 0.717) is 6.54 Å². The number of carbonyl (C=O) groups is 2. The Kier molecular flexibility index (Phi) is 7.36. The number of ether oxygens (including phenoxy) is 1. The van der Waals surface area contributed by atoms with Crippen LogP contribution in [0.5, 0.6) is 5.75 Å². The topological polar surface area (TPSA) is 127 Å². The van der Waals surface area contributed by atoms with Gasteiger partial charge in [-0.1, -0.05) is 6.07 Å². The van der Waals surface area contributed by atoms with Gasteiger partial charge in [0.1, 0.15) is 5.75 Å². The predicted molar refractivity (Wildman–Crippen MR) is 104 cm³/mol. The van der Waals surface area contributed by atoms with Crippen molar-refractivity contribution in [3.63, 3.8) is 0 Å². The molecule has 1 amide bonds. The minimum Gasteiger partial charge on any atom is -0.497 e. The average Bonchev–Trinajstić information content (AvgIpc) is 2.64. The molecule has 0 spiro atoms. The van der Waals surface area contributed by atoms with Gasteiger partial charge in [0.15, 0.2) is 0 Å². The zero-order valence-corrected chi connectivity index (χ0v) is 15.6. The van der Waals surface area contributed by atoms with E-state index < -0.39 is 17.9 Å². The molecule has 27 heavy (non-hydrogen) atoms. The molecule has 2 rings (SSSR count). The first kappa shape index (κ1) is 20.4. The minimum atomic E-state index is -1.09. The predicted octanol–water partition coefficient (Wildman–Crippen LogP) is 1.74. The fourth-order valence-corrected chi connectivity index (χ4v) is 2.76. The van der Waals surface area contributed by atoms with Gasteiger partial charge in [-0.15, -0.1) is 0 Å². The summed E-state index contributed by atoms with van der Waals surface area (Å²) in [4.78, 5) is 26.7. The number of hydrogen-bond donors (Lipinski definition) is 4. The van der Waals surface area contributed by atoms with Gasteiger partial charge in [-0.25, -0.2) is 0 Å². The molecule has 2 atom stereocenters. The Morgan fingerprint density at radius 3 is 2.85 bits per heavy atom. The summed E-state index contributed by atoms with van der Waals surface area (Å²) in [5, 5.41) is 15.7. The maximum Gasteiger partial charge on any atom is 0.305 e. The maximum atomic E-state index is 11.7. The Balaban J connectivity index is 1.86. The van der Waals surface area contributed by atoms with E-state index >= 15 is 0 Å². The molecule has 0 saturated carbocycles. The first-order valence-electron chi connectivity index (χ1n) is 8.85. The van der Waals surface area contributed by atoms with E-state index in [1.165, 1.54) is 0 Å². The molecule has 1 aromatic heterocycles. The number of nitrogens with zero attached hydrogens (tertiary/aromatic N) is 1. The van der Waals surface area contributed by atoms with Crippen molar-refractivity contribution in [3.8, 4) is 5.75 Å². The number of aromatic nitrogens is 1. The minimum absolute atomic E-state index is 0.145. The van der Waals surface area contributed by atoms with Crippen LogP contribution in [0, 0.1) is 0 Å². The van der Waals surface area contributed by atoms with Crippen molar-refractivity contribution in [2.45, 2.75) is 38.3 Å². The summed E-state index contributed by atoms with van der Waals surface area (Å²) in [6.07, 6.45) is 2.91. The molecular formula is C19H26N4O4. The van der Waals surface area contributed by atoms with E-state index in [1.807, 2.05) is 31.2 Å². The van der Waals surface area contributed by atoms with Gasteiger partial charge in [0.05, 0.1) is 30.8 Å². The van der Waals surface area contributed by atoms with Crippen LogP contribution in [0.1, 0.15) is 26.2 Å².